The fourth-order valence-electron chi connectivity index (χ4n) is 12.3. The molecule has 0 unspecified atom stereocenters. The predicted molar refractivity (Wildman–Crippen MR) is 161 cm³/mol. The summed E-state index contributed by atoms with van der Waals surface area (Å²) in [5.41, 5.74) is 11.2. The van der Waals surface area contributed by atoms with Crippen molar-refractivity contribution in [3.05, 3.63) is 48.1 Å². The number of allylic oxidation sites excluding steroid dienone is 3. The molecule has 0 aromatic heterocycles. The van der Waals surface area contributed by atoms with Gasteiger partial charge in [0.05, 0.1) is 5.41 Å². The molecule has 1 aromatic rings. The van der Waals surface area contributed by atoms with E-state index in [9.17, 15) is 9.90 Å². The maximum atomic E-state index is 12.9. The minimum absolute atomic E-state index is 0.0847. The summed E-state index contributed by atoms with van der Waals surface area (Å²) < 4.78 is 0. The largest absolute Gasteiger partial charge is 0.481 e. The molecule has 3 N–H and O–H groups in total. The number of anilines is 1. The first kappa shape index (κ1) is 27.2. The molecule has 0 spiro atoms. The number of carbonyl (C=O) groups is 1. The maximum absolute atomic E-state index is 12.9. The van der Waals surface area contributed by atoms with Gasteiger partial charge >= 0.3 is 5.97 Å². The Balaban J connectivity index is 1.40. The van der Waals surface area contributed by atoms with Crippen LogP contribution in [0.25, 0.3) is 5.57 Å². The highest BCUT2D eigenvalue weighted by Gasteiger charge is 2.71. The van der Waals surface area contributed by atoms with Crippen molar-refractivity contribution in [2.75, 3.05) is 5.73 Å². The number of benzene rings is 1. The van der Waals surface area contributed by atoms with Gasteiger partial charge in [-0.25, -0.2) is 0 Å². The van der Waals surface area contributed by atoms with E-state index in [-0.39, 0.29) is 27.6 Å². The highest BCUT2D eigenvalue weighted by atomic mass is 16.4. The van der Waals surface area contributed by atoms with Gasteiger partial charge in [0.2, 0.25) is 0 Å². The molecular weight excluding hydrogens is 478 g/mol. The molecule has 0 bridgehead atoms. The van der Waals surface area contributed by atoms with Crippen LogP contribution >= 0.6 is 0 Å². The number of hydrogen-bond donors (Lipinski definition) is 2. The first-order chi connectivity index (χ1) is 18.2. The molecule has 5 aliphatic rings. The average Bonchev–Trinajstić information content (AvgIpc) is 3.26. The lowest BCUT2D eigenvalue weighted by Gasteiger charge is -2.72. The standard InChI is InChI=1S/C36H51NO2/c1-22(2)25-13-18-36(31(38)39)20-19-34(6)27(30(25)36)11-12-29-33(5)16-14-26(23-9-8-10-24(37)21-23)32(3,4)28(33)15-17-35(29,34)7/h8-10,14,21,25,27-30H,1,11-13,15-20,37H2,2-7H3,(H,38,39)/t25-,27+,28-,29+,30+,33-,34+,35+,36-/m0/s1. The molecule has 3 heteroatoms. The summed E-state index contributed by atoms with van der Waals surface area (Å²) in [4.78, 5) is 12.9. The van der Waals surface area contributed by atoms with Crippen LogP contribution in [0.2, 0.25) is 0 Å². The Morgan fingerprint density at radius 3 is 2.36 bits per heavy atom. The third kappa shape index (κ3) is 3.37. The third-order valence-corrected chi connectivity index (χ3v) is 14.3. The van der Waals surface area contributed by atoms with Crippen molar-refractivity contribution in [3.8, 4) is 0 Å². The highest BCUT2D eigenvalue weighted by molar-refractivity contribution is 5.76. The molecule has 3 nitrogen and oxygen atoms in total. The number of rotatable bonds is 3. The fraction of sp³-hybridized carbons (Fsp3) is 0.694. The van der Waals surface area contributed by atoms with E-state index in [0.29, 0.717) is 23.7 Å². The van der Waals surface area contributed by atoms with Crippen LogP contribution in [0.15, 0.2) is 42.5 Å². The van der Waals surface area contributed by atoms with Crippen molar-refractivity contribution in [1.29, 1.82) is 0 Å². The normalized spacial score (nSPS) is 46.2. The van der Waals surface area contributed by atoms with Crippen LogP contribution in [0.4, 0.5) is 5.69 Å². The SMILES string of the molecule is C=C(C)[C@@H]1CC[C@]2(C(=O)O)CC[C@]3(C)[C@H](CC[C@@H]4[C@@]5(C)CC=C(c6cccc(N)c6)C(C)(C)[C@@H]5CC[C@]43C)[C@@H]12. The molecule has 0 amide bonds. The van der Waals surface area contributed by atoms with E-state index < -0.39 is 11.4 Å². The second kappa shape index (κ2) is 8.49. The molecule has 5 aliphatic carbocycles. The molecule has 0 aliphatic heterocycles. The van der Waals surface area contributed by atoms with E-state index in [4.69, 9.17) is 5.73 Å². The summed E-state index contributed by atoms with van der Waals surface area (Å²) in [6.45, 7) is 19.4. The molecule has 4 saturated carbocycles. The van der Waals surface area contributed by atoms with Gasteiger partial charge in [-0.3, -0.25) is 4.79 Å². The number of fused-ring (bicyclic) bond motifs is 7. The van der Waals surface area contributed by atoms with Gasteiger partial charge in [-0.15, -0.1) is 0 Å². The monoisotopic (exact) mass is 529 g/mol. The Morgan fingerprint density at radius 1 is 0.949 bits per heavy atom. The summed E-state index contributed by atoms with van der Waals surface area (Å²) in [7, 11) is 0. The number of hydrogen-bond acceptors (Lipinski definition) is 2. The Morgan fingerprint density at radius 2 is 1.69 bits per heavy atom. The predicted octanol–water partition coefficient (Wildman–Crippen LogP) is 9.00. The van der Waals surface area contributed by atoms with Crippen LogP contribution in [-0.4, -0.2) is 11.1 Å². The van der Waals surface area contributed by atoms with Crippen LogP contribution in [0.3, 0.4) is 0 Å². The van der Waals surface area contributed by atoms with Gasteiger partial charge in [0, 0.05) is 5.69 Å². The van der Waals surface area contributed by atoms with Gasteiger partial charge in [-0.05, 0) is 139 Å². The van der Waals surface area contributed by atoms with Crippen molar-refractivity contribution in [2.45, 2.75) is 99.3 Å². The average molecular weight is 530 g/mol. The second-order valence-electron chi connectivity index (χ2n) is 15.8. The van der Waals surface area contributed by atoms with Gasteiger partial charge in [0.25, 0.3) is 0 Å². The molecule has 6 rings (SSSR count). The van der Waals surface area contributed by atoms with Crippen LogP contribution < -0.4 is 5.73 Å². The Labute approximate surface area is 236 Å². The first-order valence-electron chi connectivity index (χ1n) is 15.7. The second-order valence-corrected chi connectivity index (χ2v) is 15.8. The Kier molecular flexibility index (Phi) is 5.91. The van der Waals surface area contributed by atoms with Crippen LogP contribution in [0, 0.1) is 56.7 Å². The zero-order chi connectivity index (χ0) is 28.2. The van der Waals surface area contributed by atoms with Crippen molar-refractivity contribution < 1.29 is 9.90 Å². The maximum Gasteiger partial charge on any atom is 0.309 e. The highest BCUT2D eigenvalue weighted by Crippen LogP contribution is 2.77. The lowest BCUT2D eigenvalue weighted by atomic mass is 9.32. The van der Waals surface area contributed by atoms with E-state index in [1.54, 1.807) is 0 Å². The minimum atomic E-state index is -0.542. The topological polar surface area (TPSA) is 63.3 Å². The van der Waals surface area contributed by atoms with Crippen molar-refractivity contribution in [3.63, 3.8) is 0 Å². The zero-order valence-electron chi connectivity index (χ0n) is 25.3. The van der Waals surface area contributed by atoms with Gasteiger partial charge in [0.15, 0.2) is 0 Å². The third-order valence-electron chi connectivity index (χ3n) is 14.3. The van der Waals surface area contributed by atoms with Crippen molar-refractivity contribution in [2.24, 2.45) is 56.7 Å². The van der Waals surface area contributed by atoms with Gasteiger partial charge < -0.3 is 10.8 Å². The number of carboxylic acid groups (broad SMARTS) is 1. The lowest BCUT2D eigenvalue weighted by molar-refractivity contribution is -0.227. The van der Waals surface area contributed by atoms with Crippen molar-refractivity contribution in [1.82, 2.24) is 0 Å². The van der Waals surface area contributed by atoms with Crippen LogP contribution in [0.1, 0.15) is 105 Å². The van der Waals surface area contributed by atoms with E-state index >= 15 is 0 Å². The van der Waals surface area contributed by atoms with Crippen LogP contribution in [-0.2, 0) is 4.79 Å². The molecule has 39 heavy (non-hydrogen) atoms. The van der Waals surface area contributed by atoms with Gasteiger partial charge in [0.1, 0.15) is 0 Å². The van der Waals surface area contributed by atoms with Gasteiger partial charge in [-0.1, -0.05) is 65.0 Å². The molecular formula is C36H51NO2. The smallest absolute Gasteiger partial charge is 0.309 e. The molecule has 212 valence electrons. The summed E-state index contributed by atoms with van der Waals surface area (Å²) in [5.74, 6) is 1.82. The van der Waals surface area contributed by atoms with Crippen molar-refractivity contribution >= 4 is 17.2 Å². The molecule has 1 aromatic carbocycles. The first-order valence-corrected chi connectivity index (χ1v) is 15.7. The molecule has 0 saturated heterocycles. The molecule has 0 heterocycles. The summed E-state index contributed by atoms with van der Waals surface area (Å²) in [6, 6.07) is 8.48. The minimum Gasteiger partial charge on any atom is -0.481 e. The molecule has 0 radical (unpaired) electrons. The Bertz CT molecular complexity index is 1240. The summed E-state index contributed by atoms with van der Waals surface area (Å²) in [6.07, 6.45) is 12.3. The number of carboxylic acids is 1. The lowest BCUT2D eigenvalue weighted by Crippen LogP contribution is -2.65. The van der Waals surface area contributed by atoms with E-state index in [0.717, 1.165) is 37.8 Å². The molecule has 4 fully saturated rings. The summed E-state index contributed by atoms with van der Waals surface area (Å²) in [5, 5.41) is 10.6. The zero-order valence-corrected chi connectivity index (χ0v) is 25.3. The van der Waals surface area contributed by atoms with Gasteiger partial charge in [-0.2, -0.15) is 0 Å². The van der Waals surface area contributed by atoms with Crippen LogP contribution in [0.5, 0.6) is 0 Å². The molecule has 9 atom stereocenters. The van der Waals surface area contributed by atoms with E-state index in [2.05, 4.69) is 72.4 Å². The number of aliphatic carboxylic acids is 1. The Hall–Kier alpha value is -2.03. The summed E-state index contributed by atoms with van der Waals surface area (Å²) >= 11 is 0. The number of nitrogen functional groups attached to an aromatic ring is 1. The van der Waals surface area contributed by atoms with E-state index in [1.165, 1.54) is 42.4 Å². The quantitative estimate of drug-likeness (QED) is 0.303. The van der Waals surface area contributed by atoms with E-state index in [1.807, 2.05) is 6.07 Å². The number of nitrogens with two attached hydrogens (primary N) is 1. The fourth-order valence-corrected chi connectivity index (χ4v) is 12.3.